The summed E-state index contributed by atoms with van der Waals surface area (Å²) in [6, 6.07) is 0.571. The highest BCUT2D eigenvalue weighted by Gasteiger charge is 2.20. The summed E-state index contributed by atoms with van der Waals surface area (Å²) >= 11 is 0. The number of halogens is 2. The lowest BCUT2D eigenvalue weighted by Gasteiger charge is -2.09. The Morgan fingerprint density at radius 2 is 2.07 bits per heavy atom. The fraction of sp³-hybridized carbons (Fsp3) is 0.222. The van der Waals surface area contributed by atoms with Gasteiger partial charge in [0.15, 0.2) is 0 Å². The third-order valence-electron chi connectivity index (χ3n) is 1.95. The number of carboxylic acid groups (broad SMARTS) is 1. The summed E-state index contributed by atoms with van der Waals surface area (Å²) < 4.78 is 26.1. The monoisotopic (exact) mass is 201 g/mol. The molecule has 1 atom stereocenters. The minimum atomic E-state index is -1.46. The number of carbonyl (C=O) groups is 1. The molecule has 3 N–H and O–H groups in total. The molecule has 0 saturated carbocycles. The molecule has 0 radical (unpaired) electrons. The molecular formula is C9H9F2NO2. The molecule has 5 heteroatoms. The zero-order valence-corrected chi connectivity index (χ0v) is 7.42. The van der Waals surface area contributed by atoms with Crippen LogP contribution < -0.4 is 5.73 Å². The summed E-state index contributed by atoms with van der Waals surface area (Å²) in [5.41, 5.74) is 4.76. The predicted molar refractivity (Wildman–Crippen MR) is 45.7 cm³/mol. The van der Waals surface area contributed by atoms with Crippen LogP contribution in [0.15, 0.2) is 12.1 Å². The molecule has 0 spiro atoms. The van der Waals surface area contributed by atoms with E-state index in [4.69, 9.17) is 10.8 Å². The van der Waals surface area contributed by atoms with Gasteiger partial charge >= 0.3 is 5.97 Å². The van der Waals surface area contributed by atoms with Gasteiger partial charge in [-0.2, -0.15) is 0 Å². The van der Waals surface area contributed by atoms with Crippen LogP contribution in [0.4, 0.5) is 8.78 Å². The first-order valence-electron chi connectivity index (χ1n) is 3.88. The molecule has 14 heavy (non-hydrogen) atoms. The van der Waals surface area contributed by atoms with E-state index < -0.39 is 23.6 Å². The topological polar surface area (TPSA) is 63.3 Å². The van der Waals surface area contributed by atoms with Crippen LogP contribution in [0.25, 0.3) is 0 Å². The van der Waals surface area contributed by atoms with E-state index in [0.717, 1.165) is 12.1 Å². The summed E-state index contributed by atoms with van der Waals surface area (Å²) in [4.78, 5) is 10.5. The first kappa shape index (κ1) is 10.6. The van der Waals surface area contributed by atoms with Crippen LogP contribution in [0.2, 0.25) is 0 Å². The van der Waals surface area contributed by atoms with Crippen molar-refractivity contribution in [3.63, 3.8) is 0 Å². The van der Waals surface area contributed by atoms with Gasteiger partial charge in [0.1, 0.15) is 17.7 Å². The maximum Gasteiger partial charge on any atom is 0.325 e. The van der Waals surface area contributed by atoms with E-state index in [9.17, 15) is 13.6 Å². The van der Waals surface area contributed by atoms with Crippen LogP contribution in [0.3, 0.4) is 0 Å². The van der Waals surface area contributed by atoms with Crippen LogP contribution in [0, 0.1) is 18.6 Å². The minimum absolute atomic E-state index is 0.212. The molecule has 0 aliphatic heterocycles. The summed E-state index contributed by atoms with van der Waals surface area (Å²) in [6.45, 7) is 1.22. The molecule has 76 valence electrons. The van der Waals surface area contributed by atoms with E-state index in [0.29, 0.717) is 0 Å². The highest BCUT2D eigenvalue weighted by molar-refractivity contribution is 5.75. The van der Waals surface area contributed by atoms with Gasteiger partial charge in [0, 0.05) is 11.1 Å². The molecule has 1 unspecified atom stereocenters. The third-order valence-corrected chi connectivity index (χ3v) is 1.95. The average Bonchev–Trinajstić information content (AvgIpc) is 2.13. The number of rotatable bonds is 2. The molecule has 1 aromatic rings. The summed E-state index contributed by atoms with van der Waals surface area (Å²) in [5.74, 6) is -2.97. The number of benzene rings is 1. The van der Waals surface area contributed by atoms with Crippen LogP contribution in [-0.4, -0.2) is 11.1 Å². The zero-order chi connectivity index (χ0) is 10.9. The lowest BCUT2D eigenvalue weighted by molar-refractivity contribution is -0.138. The molecule has 0 heterocycles. The number of nitrogens with two attached hydrogens (primary N) is 1. The first-order chi connectivity index (χ1) is 6.45. The normalized spacial score (nSPS) is 12.6. The van der Waals surface area contributed by atoms with Gasteiger partial charge in [-0.1, -0.05) is 6.07 Å². The second kappa shape index (κ2) is 3.71. The SMILES string of the molecule is Cc1c(F)ccc(C(N)C(=O)O)c1F. The maximum absolute atomic E-state index is 13.3. The van der Waals surface area contributed by atoms with Crippen molar-refractivity contribution in [2.24, 2.45) is 5.73 Å². The Morgan fingerprint density at radius 1 is 1.50 bits per heavy atom. The van der Waals surface area contributed by atoms with Gasteiger partial charge in [0.25, 0.3) is 0 Å². The van der Waals surface area contributed by atoms with Crippen molar-refractivity contribution in [2.75, 3.05) is 0 Å². The Morgan fingerprint density at radius 3 is 2.57 bits per heavy atom. The summed E-state index contributed by atoms with van der Waals surface area (Å²) in [6.07, 6.45) is 0. The van der Waals surface area contributed by atoms with Gasteiger partial charge in [-0.25, -0.2) is 8.78 Å². The molecule has 0 bridgehead atoms. The van der Waals surface area contributed by atoms with Crippen molar-refractivity contribution in [2.45, 2.75) is 13.0 Å². The highest BCUT2D eigenvalue weighted by atomic mass is 19.1. The Kier molecular flexibility index (Phi) is 2.81. The van der Waals surface area contributed by atoms with Crippen LogP contribution >= 0.6 is 0 Å². The van der Waals surface area contributed by atoms with E-state index in [1.165, 1.54) is 6.92 Å². The second-order valence-corrected chi connectivity index (χ2v) is 2.89. The third kappa shape index (κ3) is 1.72. The fourth-order valence-corrected chi connectivity index (χ4v) is 1.06. The molecule has 0 saturated heterocycles. The number of aliphatic carboxylic acids is 1. The Labute approximate surface area is 79.2 Å². The van der Waals surface area contributed by atoms with E-state index in [-0.39, 0.29) is 11.1 Å². The molecule has 0 fully saturated rings. The fourth-order valence-electron chi connectivity index (χ4n) is 1.06. The van der Waals surface area contributed by atoms with E-state index in [2.05, 4.69) is 0 Å². The molecule has 0 aliphatic rings. The highest BCUT2D eigenvalue weighted by Crippen LogP contribution is 2.20. The van der Waals surface area contributed by atoms with Crippen molar-refractivity contribution in [3.8, 4) is 0 Å². The maximum atomic E-state index is 13.3. The van der Waals surface area contributed by atoms with E-state index in [1.807, 2.05) is 0 Å². The first-order valence-corrected chi connectivity index (χ1v) is 3.88. The van der Waals surface area contributed by atoms with Crippen molar-refractivity contribution in [1.82, 2.24) is 0 Å². The number of hydrogen-bond donors (Lipinski definition) is 2. The zero-order valence-electron chi connectivity index (χ0n) is 7.42. The predicted octanol–water partition coefficient (Wildman–Crippen LogP) is 1.36. The second-order valence-electron chi connectivity index (χ2n) is 2.89. The molecule has 0 amide bonds. The lowest BCUT2D eigenvalue weighted by Crippen LogP contribution is -2.22. The Hall–Kier alpha value is -1.49. The van der Waals surface area contributed by atoms with Gasteiger partial charge in [-0.05, 0) is 13.0 Å². The molecule has 0 aromatic heterocycles. The van der Waals surface area contributed by atoms with Crippen molar-refractivity contribution >= 4 is 5.97 Å². The average molecular weight is 201 g/mol. The number of carboxylic acids is 1. The molecule has 3 nitrogen and oxygen atoms in total. The molecule has 1 aromatic carbocycles. The number of hydrogen-bond acceptors (Lipinski definition) is 2. The van der Waals surface area contributed by atoms with Crippen molar-refractivity contribution in [3.05, 3.63) is 34.9 Å². The molecule has 1 rings (SSSR count). The van der Waals surface area contributed by atoms with Gasteiger partial charge < -0.3 is 10.8 Å². The van der Waals surface area contributed by atoms with Crippen LogP contribution in [-0.2, 0) is 4.79 Å². The minimum Gasteiger partial charge on any atom is -0.480 e. The standard InChI is InChI=1S/C9H9F2NO2/c1-4-6(10)3-2-5(7(4)11)8(12)9(13)14/h2-3,8H,12H2,1H3,(H,13,14). The van der Waals surface area contributed by atoms with E-state index in [1.54, 1.807) is 0 Å². The van der Waals surface area contributed by atoms with Gasteiger partial charge in [0.05, 0.1) is 0 Å². The molecular weight excluding hydrogens is 192 g/mol. The summed E-state index contributed by atoms with van der Waals surface area (Å²) in [7, 11) is 0. The van der Waals surface area contributed by atoms with Gasteiger partial charge in [-0.15, -0.1) is 0 Å². The quantitative estimate of drug-likeness (QED) is 0.759. The van der Waals surface area contributed by atoms with Gasteiger partial charge in [-0.3, -0.25) is 4.79 Å². The van der Waals surface area contributed by atoms with Gasteiger partial charge in [0.2, 0.25) is 0 Å². The van der Waals surface area contributed by atoms with Crippen molar-refractivity contribution in [1.29, 1.82) is 0 Å². The largest absolute Gasteiger partial charge is 0.480 e. The Bertz CT molecular complexity index is 379. The lowest BCUT2D eigenvalue weighted by atomic mass is 10.0. The summed E-state index contributed by atoms with van der Waals surface area (Å²) in [5, 5.41) is 8.53. The molecule has 0 aliphatic carbocycles. The van der Waals surface area contributed by atoms with Crippen LogP contribution in [0.1, 0.15) is 17.2 Å². The van der Waals surface area contributed by atoms with Crippen LogP contribution in [0.5, 0.6) is 0 Å². The van der Waals surface area contributed by atoms with E-state index >= 15 is 0 Å². The smallest absolute Gasteiger partial charge is 0.325 e. The van der Waals surface area contributed by atoms with Crippen molar-refractivity contribution < 1.29 is 18.7 Å². The Balaban J connectivity index is 3.24.